The first-order valence-electron chi connectivity index (χ1n) is 11.3. The molecule has 2 aliphatic heterocycles. The number of ether oxygens (including phenoxy) is 3. The third-order valence-corrected chi connectivity index (χ3v) is 6.23. The van der Waals surface area contributed by atoms with Crippen LogP contribution in [0, 0.1) is 0 Å². The van der Waals surface area contributed by atoms with Crippen molar-refractivity contribution in [3.8, 4) is 11.5 Å². The number of rotatable bonds is 8. The van der Waals surface area contributed by atoms with Gasteiger partial charge in [-0.15, -0.1) is 0 Å². The summed E-state index contributed by atoms with van der Waals surface area (Å²) in [5, 5.41) is 3.08. The number of hydrogen-bond acceptors (Lipinski definition) is 6. The topological polar surface area (TPSA) is 63.3 Å². The van der Waals surface area contributed by atoms with E-state index in [0.29, 0.717) is 18.0 Å². The smallest absolute Gasteiger partial charge is 0.258 e. The van der Waals surface area contributed by atoms with E-state index in [9.17, 15) is 4.79 Å². The van der Waals surface area contributed by atoms with Crippen LogP contribution < -0.4 is 19.7 Å². The van der Waals surface area contributed by atoms with Gasteiger partial charge in [-0.05, 0) is 42.2 Å². The Morgan fingerprint density at radius 1 is 1.12 bits per heavy atom. The molecule has 2 aromatic rings. The van der Waals surface area contributed by atoms with Crippen molar-refractivity contribution in [1.82, 2.24) is 10.2 Å². The normalized spacial score (nSPS) is 17.4. The van der Waals surface area contributed by atoms with Crippen molar-refractivity contribution in [1.29, 1.82) is 0 Å². The van der Waals surface area contributed by atoms with Crippen molar-refractivity contribution in [3.63, 3.8) is 0 Å². The van der Waals surface area contributed by atoms with Gasteiger partial charge in [0, 0.05) is 45.0 Å². The van der Waals surface area contributed by atoms with E-state index >= 15 is 0 Å². The number of methoxy groups -OCH3 is 1. The second-order valence-electron chi connectivity index (χ2n) is 8.35. The average molecular weight is 440 g/mol. The molecule has 0 aromatic heterocycles. The number of amides is 1. The van der Waals surface area contributed by atoms with Crippen LogP contribution in [-0.2, 0) is 16.0 Å². The fourth-order valence-corrected chi connectivity index (χ4v) is 4.46. The Labute approximate surface area is 190 Å². The number of anilines is 1. The Kier molecular flexibility index (Phi) is 7.50. The van der Waals surface area contributed by atoms with Gasteiger partial charge in [-0.3, -0.25) is 9.69 Å². The number of nitrogens with one attached hydrogen (secondary N) is 1. The molecule has 7 nitrogen and oxygen atoms in total. The third-order valence-electron chi connectivity index (χ3n) is 6.23. The van der Waals surface area contributed by atoms with Gasteiger partial charge in [0.25, 0.3) is 5.91 Å². The van der Waals surface area contributed by atoms with Crippen LogP contribution in [-0.4, -0.2) is 71.0 Å². The molecule has 1 fully saturated rings. The average Bonchev–Trinajstić information content (AvgIpc) is 2.84. The SMILES string of the molecule is COc1cccc(OCC(=O)NC[C@H](c2ccc3c(c2)CCCN3C)N2CCOCC2)c1. The fourth-order valence-electron chi connectivity index (χ4n) is 4.46. The largest absolute Gasteiger partial charge is 0.497 e. The molecule has 4 rings (SSSR count). The molecule has 7 heteroatoms. The molecule has 1 atom stereocenters. The number of nitrogens with zero attached hydrogens (tertiary/aromatic N) is 2. The first kappa shape index (κ1) is 22.4. The van der Waals surface area contributed by atoms with Gasteiger partial charge in [0.1, 0.15) is 11.5 Å². The Balaban J connectivity index is 1.41. The maximum Gasteiger partial charge on any atom is 0.258 e. The zero-order valence-corrected chi connectivity index (χ0v) is 19.0. The number of carbonyl (C=O) groups is 1. The summed E-state index contributed by atoms with van der Waals surface area (Å²) in [6.45, 7) is 4.76. The molecule has 2 aliphatic rings. The number of aryl methyl sites for hydroxylation is 1. The molecular formula is C25H33N3O4. The molecule has 1 saturated heterocycles. The van der Waals surface area contributed by atoms with E-state index in [1.807, 2.05) is 18.2 Å². The van der Waals surface area contributed by atoms with Gasteiger partial charge < -0.3 is 24.4 Å². The lowest BCUT2D eigenvalue weighted by Crippen LogP contribution is -2.44. The predicted molar refractivity (Wildman–Crippen MR) is 125 cm³/mol. The lowest BCUT2D eigenvalue weighted by molar-refractivity contribution is -0.123. The van der Waals surface area contributed by atoms with Crippen LogP contribution in [0.25, 0.3) is 0 Å². The highest BCUT2D eigenvalue weighted by molar-refractivity contribution is 5.77. The van der Waals surface area contributed by atoms with Crippen molar-refractivity contribution < 1.29 is 19.0 Å². The first-order chi connectivity index (χ1) is 15.6. The van der Waals surface area contributed by atoms with Gasteiger partial charge in [0.05, 0.1) is 26.4 Å². The van der Waals surface area contributed by atoms with Crippen LogP contribution in [0.4, 0.5) is 5.69 Å². The van der Waals surface area contributed by atoms with Crippen molar-refractivity contribution in [2.24, 2.45) is 0 Å². The minimum Gasteiger partial charge on any atom is -0.497 e. The van der Waals surface area contributed by atoms with E-state index in [4.69, 9.17) is 14.2 Å². The summed E-state index contributed by atoms with van der Waals surface area (Å²) < 4.78 is 16.4. The van der Waals surface area contributed by atoms with Gasteiger partial charge in [-0.2, -0.15) is 0 Å². The minimum atomic E-state index is -0.135. The fraction of sp³-hybridized carbons (Fsp3) is 0.480. The summed E-state index contributed by atoms with van der Waals surface area (Å²) >= 11 is 0. The molecule has 0 aliphatic carbocycles. The number of benzene rings is 2. The van der Waals surface area contributed by atoms with E-state index in [0.717, 1.165) is 39.3 Å². The number of carbonyl (C=O) groups excluding carboxylic acids is 1. The van der Waals surface area contributed by atoms with E-state index in [2.05, 4.69) is 40.4 Å². The molecule has 32 heavy (non-hydrogen) atoms. The Hall–Kier alpha value is -2.77. The van der Waals surface area contributed by atoms with Gasteiger partial charge in [0.2, 0.25) is 0 Å². The lowest BCUT2D eigenvalue weighted by Gasteiger charge is -2.36. The monoisotopic (exact) mass is 439 g/mol. The number of morpholine rings is 1. The summed E-state index contributed by atoms with van der Waals surface area (Å²) in [6, 6.07) is 14.1. The second-order valence-corrected chi connectivity index (χ2v) is 8.35. The highest BCUT2D eigenvalue weighted by Gasteiger charge is 2.25. The lowest BCUT2D eigenvalue weighted by atomic mass is 9.95. The molecule has 172 valence electrons. The Bertz CT molecular complexity index is 914. The molecule has 0 spiro atoms. The quantitative estimate of drug-likeness (QED) is 0.682. The van der Waals surface area contributed by atoms with E-state index < -0.39 is 0 Å². The standard InChI is InChI=1S/C25H33N3O4/c1-27-10-4-5-19-15-20(8-9-23(19)27)24(28-11-13-31-14-12-28)17-26-25(29)18-32-22-7-3-6-21(16-22)30-2/h3,6-9,15-16,24H,4-5,10-14,17-18H2,1-2H3,(H,26,29)/t24-/m1/s1. The van der Waals surface area contributed by atoms with Crippen LogP contribution in [0.1, 0.15) is 23.6 Å². The van der Waals surface area contributed by atoms with Gasteiger partial charge in [-0.1, -0.05) is 18.2 Å². The zero-order valence-electron chi connectivity index (χ0n) is 19.0. The summed E-state index contributed by atoms with van der Waals surface area (Å²) in [5.74, 6) is 1.18. The van der Waals surface area contributed by atoms with Crippen LogP contribution >= 0.6 is 0 Å². The summed E-state index contributed by atoms with van der Waals surface area (Å²) in [5.41, 5.74) is 3.95. The first-order valence-corrected chi connectivity index (χ1v) is 11.3. The molecule has 2 aromatic carbocycles. The van der Waals surface area contributed by atoms with E-state index in [1.54, 1.807) is 13.2 Å². The molecule has 0 saturated carbocycles. The van der Waals surface area contributed by atoms with Gasteiger partial charge in [0.15, 0.2) is 6.61 Å². The molecule has 0 bridgehead atoms. The molecule has 1 amide bonds. The molecular weight excluding hydrogens is 406 g/mol. The maximum atomic E-state index is 12.5. The number of hydrogen-bond donors (Lipinski definition) is 1. The number of fused-ring (bicyclic) bond motifs is 1. The van der Waals surface area contributed by atoms with Crippen molar-refractivity contribution in [2.75, 3.05) is 65.1 Å². The Morgan fingerprint density at radius 3 is 2.75 bits per heavy atom. The van der Waals surface area contributed by atoms with Gasteiger partial charge >= 0.3 is 0 Å². The zero-order chi connectivity index (χ0) is 22.3. The Morgan fingerprint density at radius 2 is 1.94 bits per heavy atom. The molecule has 2 heterocycles. The van der Waals surface area contributed by atoms with Crippen molar-refractivity contribution >= 4 is 11.6 Å². The third kappa shape index (κ3) is 5.53. The predicted octanol–water partition coefficient (Wildman–Crippen LogP) is 2.65. The van der Waals surface area contributed by atoms with E-state index in [-0.39, 0.29) is 18.6 Å². The van der Waals surface area contributed by atoms with Crippen molar-refractivity contribution in [2.45, 2.75) is 18.9 Å². The molecule has 1 N–H and O–H groups in total. The van der Waals surface area contributed by atoms with E-state index in [1.165, 1.54) is 23.2 Å². The van der Waals surface area contributed by atoms with Crippen LogP contribution in [0.5, 0.6) is 11.5 Å². The van der Waals surface area contributed by atoms with Crippen molar-refractivity contribution in [3.05, 3.63) is 53.6 Å². The highest BCUT2D eigenvalue weighted by Crippen LogP contribution is 2.31. The van der Waals surface area contributed by atoms with Crippen LogP contribution in [0.3, 0.4) is 0 Å². The van der Waals surface area contributed by atoms with Crippen LogP contribution in [0.15, 0.2) is 42.5 Å². The minimum absolute atomic E-state index is 0.0298. The maximum absolute atomic E-state index is 12.5. The van der Waals surface area contributed by atoms with Crippen LogP contribution in [0.2, 0.25) is 0 Å². The van der Waals surface area contributed by atoms with Gasteiger partial charge in [-0.25, -0.2) is 0 Å². The highest BCUT2D eigenvalue weighted by atomic mass is 16.5. The second kappa shape index (κ2) is 10.7. The summed E-state index contributed by atoms with van der Waals surface area (Å²) in [4.78, 5) is 17.3. The summed E-state index contributed by atoms with van der Waals surface area (Å²) in [7, 11) is 3.76. The summed E-state index contributed by atoms with van der Waals surface area (Å²) in [6.07, 6.45) is 2.28. The molecule has 0 radical (unpaired) electrons. The molecule has 0 unspecified atom stereocenters.